The molecular formula is C20H24N2O5. The SMILES string of the molecule is COc1cc(C)ccc1OCC(=O)NNC(=O)COc1cc(C)cc(C)c1. The Bertz CT molecular complexity index is 800. The van der Waals surface area contributed by atoms with Gasteiger partial charge in [-0.1, -0.05) is 12.1 Å². The standard InChI is InChI=1S/C20H24N2O5/c1-13-5-6-17(18(10-13)25-4)27-12-20(24)22-21-19(23)11-26-16-8-14(2)7-15(3)9-16/h5-10H,11-12H2,1-4H3,(H,21,23)(H,22,24). The molecule has 144 valence electrons. The Balaban J connectivity index is 1.74. The van der Waals surface area contributed by atoms with Crippen LogP contribution in [0.4, 0.5) is 0 Å². The van der Waals surface area contributed by atoms with E-state index in [0.29, 0.717) is 17.2 Å². The van der Waals surface area contributed by atoms with E-state index in [2.05, 4.69) is 10.9 Å². The largest absolute Gasteiger partial charge is 0.493 e. The fourth-order valence-corrected chi connectivity index (χ4v) is 2.41. The number of ether oxygens (including phenoxy) is 3. The molecule has 0 aromatic heterocycles. The zero-order chi connectivity index (χ0) is 19.8. The summed E-state index contributed by atoms with van der Waals surface area (Å²) in [6.07, 6.45) is 0. The summed E-state index contributed by atoms with van der Waals surface area (Å²) in [5.41, 5.74) is 7.66. The predicted octanol–water partition coefficient (Wildman–Crippen LogP) is 2.23. The molecule has 0 saturated heterocycles. The van der Waals surface area contributed by atoms with Crippen LogP contribution in [0.1, 0.15) is 16.7 Å². The molecule has 0 atom stereocenters. The molecule has 0 aliphatic carbocycles. The van der Waals surface area contributed by atoms with Gasteiger partial charge < -0.3 is 14.2 Å². The summed E-state index contributed by atoms with van der Waals surface area (Å²) >= 11 is 0. The quantitative estimate of drug-likeness (QED) is 0.728. The smallest absolute Gasteiger partial charge is 0.276 e. The van der Waals surface area contributed by atoms with Crippen molar-refractivity contribution in [1.82, 2.24) is 10.9 Å². The molecular weight excluding hydrogens is 348 g/mol. The minimum absolute atomic E-state index is 0.212. The molecule has 2 aromatic carbocycles. The fraction of sp³-hybridized carbons (Fsp3) is 0.300. The van der Waals surface area contributed by atoms with Gasteiger partial charge in [0.1, 0.15) is 5.75 Å². The van der Waals surface area contributed by atoms with Gasteiger partial charge in [0.15, 0.2) is 24.7 Å². The van der Waals surface area contributed by atoms with E-state index in [-0.39, 0.29) is 13.2 Å². The lowest BCUT2D eigenvalue weighted by molar-refractivity contribution is -0.131. The number of rotatable bonds is 7. The van der Waals surface area contributed by atoms with E-state index in [0.717, 1.165) is 16.7 Å². The van der Waals surface area contributed by atoms with E-state index in [4.69, 9.17) is 14.2 Å². The molecule has 2 amide bonds. The number of benzene rings is 2. The number of nitrogens with one attached hydrogen (secondary N) is 2. The summed E-state index contributed by atoms with van der Waals surface area (Å²) in [7, 11) is 1.53. The van der Waals surface area contributed by atoms with Crippen LogP contribution in [0.5, 0.6) is 17.2 Å². The number of carbonyl (C=O) groups excluding carboxylic acids is 2. The van der Waals surface area contributed by atoms with Crippen molar-refractivity contribution in [3.05, 3.63) is 53.1 Å². The molecule has 0 aliphatic heterocycles. The summed E-state index contributed by atoms with van der Waals surface area (Å²) in [4.78, 5) is 23.6. The van der Waals surface area contributed by atoms with Crippen molar-refractivity contribution in [3.63, 3.8) is 0 Å². The van der Waals surface area contributed by atoms with Crippen molar-refractivity contribution in [3.8, 4) is 17.2 Å². The number of methoxy groups -OCH3 is 1. The third-order valence-corrected chi connectivity index (χ3v) is 3.58. The van der Waals surface area contributed by atoms with Gasteiger partial charge in [-0.05, 0) is 61.7 Å². The van der Waals surface area contributed by atoms with Crippen molar-refractivity contribution in [2.24, 2.45) is 0 Å². The molecule has 0 radical (unpaired) electrons. The third kappa shape index (κ3) is 6.54. The highest BCUT2D eigenvalue weighted by Gasteiger charge is 2.09. The first-order chi connectivity index (χ1) is 12.9. The molecule has 27 heavy (non-hydrogen) atoms. The molecule has 0 spiro atoms. The Hall–Kier alpha value is -3.22. The Morgan fingerprint density at radius 3 is 1.96 bits per heavy atom. The van der Waals surface area contributed by atoms with Crippen molar-refractivity contribution in [2.45, 2.75) is 20.8 Å². The second-order valence-corrected chi connectivity index (χ2v) is 6.15. The molecule has 7 nitrogen and oxygen atoms in total. The first-order valence-corrected chi connectivity index (χ1v) is 8.43. The molecule has 2 rings (SSSR count). The number of hydrazine groups is 1. The monoisotopic (exact) mass is 372 g/mol. The molecule has 2 aromatic rings. The Morgan fingerprint density at radius 1 is 0.778 bits per heavy atom. The van der Waals surface area contributed by atoms with Crippen LogP contribution in [0.15, 0.2) is 36.4 Å². The number of carbonyl (C=O) groups is 2. The van der Waals surface area contributed by atoms with Crippen LogP contribution >= 0.6 is 0 Å². The maximum Gasteiger partial charge on any atom is 0.276 e. The van der Waals surface area contributed by atoms with Gasteiger partial charge in [-0.3, -0.25) is 20.4 Å². The van der Waals surface area contributed by atoms with Crippen LogP contribution < -0.4 is 25.1 Å². The van der Waals surface area contributed by atoms with Gasteiger partial charge in [-0.2, -0.15) is 0 Å². The molecule has 0 fully saturated rings. The number of hydrogen-bond acceptors (Lipinski definition) is 5. The fourth-order valence-electron chi connectivity index (χ4n) is 2.41. The van der Waals surface area contributed by atoms with Gasteiger partial charge in [0.25, 0.3) is 11.8 Å². The van der Waals surface area contributed by atoms with Crippen molar-refractivity contribution in [1.29, 1.82) is 0 Å². The first-order valence-electron chi connectivity index (χ1n) is 8.43. The van der Waals surface area contributed by atoms with E-state index in [9.17, 15) is 9.59 Å². The van der Waals surface area contributed by atoms with Gasteiger partial charge in [0.05, 0.1) is 7.11 Å². The zero-order valence-corrected chi connectivity index (χ0v) is 15.9. The third-order valence-electron chi connectivity index (χ3n) is 3.58. The normalized spacial score (nSPS) is 10.1. The highest BCUT2D eigenvalue weighted by Crippen LogP contribution is 2.27. The summed E-state index contributed by atoms with van der Waals surface area (Å²) in [6, 6.07) is 11.1. The molecule has 0 aliphatic rings. The summed E-state index contributed by atoms with van der Waals surface area (Å²) in [6.45, 7) is 5.34. The van der Waals surface area contributed by atoms with Crippen molar-refractivity contribution < 1.29 is 23.8 Å². The molecule has 0 unspecified atom stereocenters. The highest BCUT2D eigenvalue weighted by atomic mass is 16.5. The van der Waals surface area contributed by atoms with E-state index < -0.39 is 11.8 Å². The van der Waals surface area contributed by atoms with Crippen LogP contribution in [-0.2, 0) is 9.59 Å². The molecule has 0 bridgehead atoms. The van der Waals surface area contributed by atoms with Crippen LogP contribution in [0.3, 0.4) is 0 Å². The summed E-state index contributed by atoms with van der Waals surface area (Å²) in [5.74, 6) is 0.605. The lowest BCUT2D eigenvalue weighted by atomic mass is 10.1. The average molecular weight is 372 g/mol. The van der Waals surface area contributed by atoms with E-state index in [1.165, 1.54) is 7.11 Å². The average Bonchev–Trinajstić information content (AvgIpc) is 2.62. The van der Waals surface area contributed by atoms with Gasteiger partial charge in [0.2, 0.25) is 0 Å². The molecule has 7 heteroatoms. The second-order valence-electron chi connectivity index (χ2n) is 6.15. The van der Waals surface area contributed by atoms with Gasteiger partial charge in [-0.25, -0.2) is 0 Å². The predicted molar refractivity (Wildman–Crippen MR) is 101 cm³/mol. The van der Waals surface area contributed by atoms with Crippen molar-refractivity contribution in [2.75, 3.05) is 20.3 Å². The Labute approximate surface area is 158 Å². The number of amides is 2. The van der Waals surface area contributed by atoms with Gasteiger partial charge >= 0.3 is 0 Å². The Morgan fingerprint density at radius 2 is 1.37 bits per heavy atom. The van der Waals surface area contributed by atoms with E-state index >= 15 is 0 Å². The zero-order valence-electron chi connectivity index (χ0n) is 15.9. The first kappa shape index (κ1) is 20.1. The van der Waals surface area contributed by atoms with E-state index in [1.807, 2.05) is 45.0 Å². The molecule has 0 saturated carbocycles. The van der Waals surface area contributed by atoms with Gasteiger partial charge in [0, 0.05) is 0 Å². The maximum absolute atomic E-state index is 11.8. The van der Waals surface area contributed by atoms with Gasteiger partial charge in [-0.15, -0.1) is 0 Å². The highest BCUT2D eigenvalue weighted by molar-refractivity contribution is 5.83. The van der Waals surface area contributed by atoms with Crippen molar-refractivity contribution >= 4 is 11.8 Å². The van der Waals surface area contributed by atoms with Crippen LogP contribution in [-0.4, -0.2) is 32.1 Å². The number of hydrogen-bond donors (Lipinski definition) is 2. The van der Waals surface area contributed by atoms with Crippen LogP contribution in [0.25, 0.3) is 0 Å². The molecule has 2 N–H and O–H groups in total. The van der Waals surface area contributed by atoms with Crippen LogP contribution in [0.2, 0.25) is 0 Å². The lowest BCUT2D eigenvalue weighted by Gasteiger charge is -2.12. The van der Waals surface area contributed by atoms with Crippen LogP contribution in [0, 0.1) is 20.8 Å². The maximum atomic E-state index is 11.8. The topological polar surface area (TPSA) is 85.9 Å². The lowest BCUT2D eigenvalue weighted by Crippen LogP contribution is -2.45. The number of aryl methyl sites for hydroxylation is 3. The Kier molecular flexibility index (Phi) is 7.05. The summed E-state index contributed by atoms with van der Waals surface area (Å²) in [5, 5.41) is 0. The minimum Gasteiger partial charge on any atom is -0.493 e. The molecule has 0 heterocycles. The summed E-state index contributed by atoms with van der Waals surface area (Å²) < 4.78 is 16.0. The minimum atomic E-state index is -0.502. The van der Waals surface area contributed by atoms with E-state index in [1.54, 1.807) is 12.1 Å². The second kappa shape index (κ2) is 9.47.